The molecule has 1 unspecified atom stereocenters. The van der Waals surface area contributed by atoms with E-state index in [2.05, 4.69) is 81.5 Å². The van der Waals surface area contributed by atoms with Crippen molar-refractivity contribution in [1.29, 1.82) is 0 Å². The standard InChI is InChI=1S/C54H78O6/c1-4-7-10-13-16-19-21-23-25-26-27-29-30-32-35-38-41-44-47-53(56)59-50-51(49-58-52(55)46-43-40-37-34-18-15-12-9-6-3)60-54(57)48-45-42-39-36-33-31-28-24-22-20-17-14-11-8-5-2/h8-14,16-29,31,33-34,40,43,51H,4-7,15,30,32,35-39,41-42,44-50H2,1-3H3/b11-8-,12-9-,13-10-,17-14-,19-16-,22-20-,23-21-,26-25-,28-24-,29-27-,33-31-,34-18-,43-40-. The topological polar surface area (TPSA) is 78.9 Å². The molecule has 1 atom stereocenters. The molecule has 0 aliphatic rings. The molecule has 330 valence electrons. The van der Waals surface area contributed by atoms with E-state index in [4.69, 9.17) is 14.2 Å². The number of allylic oxidation sites excluding steroid dienone is 25. The maximum Gasteiger partial charge on any atom is 0.309 e. The van der Waals surface area contributed by atoms with Crippen molar-refractivity contribution in [1.82, 2.24) is 0 Å². The summed E-state index contributed by atoms with van der Waals surface area (Å²) in [6.07, 6.45) is 68.2. The molecular formula is C54H78O6. The van der Waals surface area contributed by atoms with Crippen molar-refractivity contribution in [2.24, 2.45) is 0 Å². The number of hydrogen-bond donors (Lipinski definition) is 0. The summed E-state index contributed by atoms with van der Waals surface area (Å²) in [6, 6.07) is 0. The first kappa shape index (κ1) is 55.0. The van der Waals surface area contributed by atoms with Gasteiger partial charge in [0.15, 0.2) is 6.10 Å². The van der Waals surface area contributed by atoms with Crippen molar-refractivity contribution in [3.05, 3.63) is 158 Å². The van der Waals surface area contributed by atoms with Gasteiger partial charge in [-0.15, -0.1) is 0 Å². The Kier molecular flexibility index (Phi) is 42.8. The van der Waals surface area contributed by atoms with Crippen LogP contribution in [0.15, 0.2) is 158 Å². The van der Waals surface area contributed by atoms with Crippen molar-refractivity contribution >= 4 is 17.9 Å². The molecule has 0 amide bonds. The van der Waals surface area contributed by atoms with Gasteiger partial charge in [0.05, 0.1) is 6.42 Å². The Bertz CT molecular complexity index is 1460. The maximum absolute atomic E-state index is 12.7. The zero-order chi connectivity index (χ0) is 43.7. The first-order chi connectivity index (χ1) is 29.5. The molecule has 0 heterocycles. The fourth-order valence-electron chi connectivity index (χ4n) is 5.20. The number of rotatable bonds is 37. The van der Waals surface area contributed by atoms with Gasteiger partial charge in [-0.05, 0) is 70.6 Å². The molecule has 0 N–H and O–H groups in total. The molecule has 0 spiro atoms. The van der Waals surface area contributed by atoms with Gasteiger partial charge in [-0.2, -0.15) is 0 Å². The Hall–Kier alpha value is -4.97. The largest absolute Gasteiger partial charge is 0.462 e. The van der Waals surface area contributed by atoms with Crippen molar-refractivity contribution in [2.75, 3.05) is 13.2 Å². The Morgan fingerprint density at radius 2 is 0.783 bits per heavy atom. The van der Waals surface area contributed by atoms with Crippen LogP contribution < -0.4 is 0 Å². The van der Waals surface area contributed by atoms with Crippen molar-refractivity contribution < 1.29 is 28.6 Å². The molecule has 0 rings (SSSR count). The maximum atomic E-state index is 12.7. The lowest BCUT2D eigenvalue weighted by molar-refractivity contribution is -0.166. The van der Waals surface area contributed by atoms with Crippen molar-refractivity contribution in [3.63, 3.8) is 0 Å². The molecule has 0 bridgehead atoms. The van der Waals surface area contributed by atoms with Gasteiger partial charge in [-0.3, -0.25) is 14.4 Å². The fourth-order valence-corrected chi connectivity index (χ4v) is 5.20. The highest BCUT2D eigenvalue weighted by molar-refractivity contribution is 5.72. The Morgan fingerprint density at radius 3 is 1.32 bits per heavy atom. The molecule has 0 radical (unpaired) electrons. The van der Waals surface area contributed by atoms with Crippen LogP contribution in [0.1, 0.15) is 143 Å². The Balaban J connectivity index is 4.60. The van der Waals surface area contributed by atoms with Gasteiger partial charge in [0.2, 0.25) is 0 Å². The molecule has 0 aliphatic carbocycles. The van der Waals surface area contributed by atoms with Crippen LogP contribution in [0.2, 0.25) is 0 Å². The molecular weight excluding hydrogens is 745 g/mol. The summed E-state index contributed by atoms with van der Waals surface area (Å²) < 4.78 is 16.5. The molecule has 0 saturated heterocycles. The van der Waals surface area contributed by atoms with E-state index in [0.717, 1.165) is 89.9 Å². The third-order valence-corrected chi connectivity index (χ3v) is 8.52. The number of carbonyl (C=O) groups is 3. The summed E-state index contributed by atoms with van der Waals surface area (Å²) in [5.74, 6) is -1.16. The van der Waals surface area contributed by atoms with E-state index in [1.54, 1.807) is 6.08 Å². The number of hydrogen-bond acceptors (Lipinski definition) is 6. The molecule has 60 heavy (non-hydrogen) atoms. The summed E-state index contributed by atoms with van der Waals surface area (Å²) >= 11 is 0. The van der Waals surface area contributed by atoms with E-state index < -0.39 is 18.0 Å². The van der Waals surface area contributed by atoms with Gasteiger partial charge in [0, 0.05) is 12.8 Å². The van der Waals surface area contributed by atoms with Crippen molar-refractivity contribution in [3.8, 4) is 0 Å². The predicted molar refractivity (Wildman–Crippen MR) is 255 cm³/mol. The number of ether oxygens (including phenoxy) is 3. The molecule has 0 aliphatic heterocycles. The monoisotopic (exact) mass is 823 g/mol. The van der Waals surface area contributed by atoms with Crippen LogP contribution in [-0.2, 0) is 28.6 Å². The average molecular weight is 823 g/mol. The van der Waals surface area contributed by atoms with Gasteiger partial charge in [-0.25, -0.2) is 0 Å². The van der Waals surface area contributed by atoms with Gasteiger partial charge in [0.1, 0.15) is 13.2 Å². The normalized spacial score (nSPS) is 13.6. The first-order valence-electron chi connectivity index (χ1n) is 22.6. The van der Waals surface area contributed by atoms with Crippen molar-refractivity contribution in [2.45, 2.75) is 149 Å². The summed E-state index contributed by atoms with van der Waals surface area (Å²) in [4.78, 5) is 37.7. The summed E-state index contributed by atoms with van der Waals surface area (Å²) in [7, 11) is 0. The van der Waals surface area contributed by atoms with Gasteiger partial charge < -0.3 is 14.2 Å². The van der Waals surface area contributed by atoms with Gasteiger partial charge >= 0.3 is 17.9 Å². The summed E-state index contributed by atoms with van der Waals surface area (Å²) in [6.45, 7) is 6.08. The lowest BCUT2D eigenvalue weighted by Crippen LogP contribution is -2.30. The second-order valence-electron chi connectivity index (χ2n) is 14.1. The lowest BCUT2D eigenvalue weighted by atomic mass is 10.1. The average Bonchev–Trinajstić information content (AvgIpc) is 3.24. The first-order valence-corrected chi connectivity index (χ1v) is 22.6. The van der Waals surface area contributed by atoms with Crippen LogP contribution in [0, 0.1) is 0 Å². The number of esters is 3. The predicted octanol–water partition coefficient (Wildman–Crippen LogP) is 14.7. The molecule has 0 saturated carbocycles. The zero-order valence-electron chi connectivity index (χ0n) is 37.4. The minimum absolute atomic E-state index is 0.111. The lowest BCUT2D eigenvalue weighted by Gasteiger charge is -2.18. The third-order valence-electron chi connectivity index (χ3n) is 8.52. The van der Waals surface area contributed by atoms with Crippen LogP contribution >= 0.6 is 0 Å². The molecule has 0 aromatic carbocycles. The van der Waals surface area contributed by atoms with Crippen LogP contribution in [0.3, 0.4) is 0 Å². The number of unbranched alkanes of at least 4 members (excludes halogenated alkanes) is 9. The Labute approximate surface area is 365 Å². The molecule has 0 fully saturated rings. The van der Waals surface area contributed by atoms with E-state index in [0.29, 0.717) is 12.8 Å². The van der Waals surface area contributed by atoms with E-state index in [-0.39, 0.29) is 32.0 Å². The smallest absolute Gasteiger partial charge is 0.309 e. The van der Waals surface area contributed by atoms with Crippen LogP contribution in [0.4, 0.5) is 0 Å². The quantitative estimate of drug-likeness (QED) is 0.0204. The summed E-state index contributed by atoms with van der Waals surface area (Å²) in [5.41, 5.74) is 0. The van der Waals surface area contributed by atoms with Crippen LogP contribution in [-0.4, -0.2) is 37.2 Å². The number of carbonyl (C=O) groups excluding carboxylic acids is 3. The highest BCUT2D eigenvalue weighted by Crippen LogP contribution is 2.11. The van der Waals surface area contributed by atoms with E-state index >= 15 is 0 Å². The molecule has 0 aromatic rings. The second-order valence-corrected chi connectivity index (χ2v) is 14.1. The second kappa shape index (κ2) is 46.7. The Morgan fingerprint density at radius 1 is 0.383 bits per heavy atom. The highest BCUT2D eigenvalue weighted by atomic mass is 16.6. The highest BCUT2D eigenvalue weighted by Gasteiger charge is 2.19. The summed E-state index contributed by atoms with van der Waals surface area (Å²) in [5, 5.41) is 0. The minimum Gasteiger partial charge on any atom is -0.462 e. The molecule has 6 heteroatoms. The third kappa shape index (κ3) is 44.1. The van der Waals surface area contributed by atoms with Crippen LogP contribution in [0.5, 0.6) is 0 Å². The zero-order valence-corrected chi connectivity index (χ0v) is 37.4. The molecule has 0 aromatic heterocycles. The molecule has 6 nitrogen and oxygen atoms in total. The fraction of sp³-hybridized carbons (Fsp3) is 0.463. The van der Waals surface area contributed by atoms with Crippen LogP contribution in [0.25, 0.3) is 0 Å². The minimum atomic E-state index is -0.853. The van der Waals surface area contributed by atoms with E-state index in [9.17, 15) is 14.4 Å². The van der Waals surface area contributed by atoms with Gasteiger partial charge in [-0.1, -0.05) is 211 Å². The van der Waals surface area contributed by atoms with E-state index in [1.165, 1.54) is 6.42 Å². The van der Waals surface area contributed by atoms with E-state index in [1.807, 2.05) is 91.1 Å². The van der Waals surface area contributed by atoms with Gasteiger partial charge in [0.25, 0.3) is 0 Å². The SMILES string of the molecule is CC\C=C/C=C\C=C/C=C\C=C/CCCCCC(=O)OC(COC(=O)C/C=C\C/C=C\C/C=C\CC)COC(=O)CCCCCCC\C=C/C=C\C=C/C=C\C=C/CCC.